The van der Waals surface area contributed by atoms with Gasteiger partial charge in [0.05, 0.1) is 6.54 Å². The van der Waals surface area contributed by atoms with Gasteiger partial charge in [-0.3, -0.25) is 4.79 Å². The van der Waals surface area contributed by atoms with Crippen molar-refractivity contribution in [2.24, 2.45) is 4.99 Å². The quantitative estimate of drug-likeness (QED) is 0.566. The third-order valence-corrected chi connectivity index (χ3v) is 4.38. The molecular formula is C21H27ClN4O. The lowest BCUT2D eigenvalue weighted by Crippen LogP contribution is -2.38. The van der Waals surface area contributed by atoms with Crippen molar-refractivity contribution in [3.8, 4) is 0 Å². The van der Waals surface area contributed by atoms with Crippen LogP contribution in [0.5, 0.6) is 0 Å². The van der Waals surface area contributed by atoms with Crippen molar-refractivity contribution in [1.29, 1.82) is 0 Å². The Morgan fingerprint density at radius 3 is 2.41 bits per heavy atom. The zero-order valence-corrected chi connectivity index (χ0v) is 16.9. The second kappa shape index (κ2) is 10.6. The molecule has 0 aliphatic heterocycles. The minimum Gasteiger partial charge on any atom is -0.357 e. The van der Waals surface area contributed by atoms with Gasteiger partial charge in [0.2, 0.25) is 0 Å². The van der Waals surface area contributed by atoms with Crippen molar-refractivity contribution in [3.05, 3.63) is 70.2 Å². The summed E-state index contributed by atoms with van der Waals surface area (Å²) in [7, 11) is 3.50. The Morgan fingerprint density at radius 2 is 1.78 bits per heavy atom. The van der Waals surface area contributed by atoms with Crippen LogP contribution in [0.2, 0.25) is 5.02 Å². The van der Waals surface area contributed by atoms with E-state index in [1.807, 2.05) is 55.5 Å². The number of carbonyl (C=O) groups excluding carboxylic acids is 1. The Morgan fingerprint density at radius 1 is 1.07 bits per heavy atom. The highest BCUT2D eigenvalue weighted by Gasteiger charge is 2.07. The number of benzene rings is 2. The van der Waals surface area contributed by atoms with Crippen molar-refractivity contribution in [3.63, 3.8) is 0 Å². The summed E-state index contributed by atoms with van der Waals surface area (Å²) in [6, 6.07) is 15.4. The Bertz CT molecular complexity index is 772. The fraction of sp³-hybridized carbons (Fsp3) is 0.333. The van der Waals surface area contributed by atoms with Gasteiger partial charge in [0, 0.05) is 37.8 Å². The first-order valence-corrected chi connectivity index (χ1v) is 9.45. The number of nitrogens with zero attached hydrogens (tertiary/aromatic N) is 2. The molecule has 0 unspecified atom stereocenters. The molecule has 0 aliphatic rings. The maximum absolute atomic E-state index is 11.9. The van der Waals surface area contributed by atoms with Crippen LogP contribution in [0.3, 0.4) is 0 Å². The van der Waals surface area contributed by atoms with Crippen LogP contribution in [0.25, 0.3) is 0 Å². The predicted molar refractivity (Wildman–Crippen MR) is 112 cm³/mol. The van der Waals surface area contributed by atoms with Gasteiger partial charge in [0.1, 0.15) is 0 Å². The molecule has 0 saturated carbocycles. The van der Waals surface area contributed by atoms with E-state index in [2.05, 4.69) is 15.6 Å². The van der Waals surface area contributed by atoms with Crippen LogP contribution < -0.4 is 10.6 Å². The SMILES string of the molecule is CCNC(=NCc1ccc(C(=O)N(C)C)cc1)NCCc1ccccc1Cl. The van der Waals surface area contributed by atoms with Crippen LogP contribution in [0, 0.1) is 0 Å². The average Bonchev–Trinajstić information content (AvgIpc) is 2.67. The maximum Gasteiger partial charge on any atom is 0.253 e. The second-order valence-electron chi connectivity index (χ2n) is 6.36. The number of nitrogens with one attached hydrogen (secondary N) is 2. The summed E-state index contributed by atoms with van der Waals surface area (Å²) in [5, 5.41) is 7.36. The highest BCUT2D eigenvalue weighted by Crippen LogP contribution is 2.14. The maximum atomic E-state index is 11.9. The molecule has 0 bridgehead atoms. The summed E-state index contributed by atoms with van der Waals surface area (Å²) < 4.78 is 0. The summed E-state index contributed by atoms with van der Waals surface area (Å²) in [5.74, 6) is 0.762. The van der Waals surface area contributed by atoms with E-state index in [4.69, 9.17) is 11.6 Å². The van der Waals surface area contributed by atoms with Gasteiger partial charge in [-0.2, -0.15) is 0 Å². The summed E-state index contributed by atoms with van der Waals surface area (Å²) in [4.78, 5) is 18.1. The lowest BCUT2D eigenvalue weighted by atomic mass is 10.1. The van der Waals surface area contributed by atoms with E-state index in [1.165, 1.54) is 0 Å². The van der Waals surface area contributed by atoms with Crippen molar-refractivity contribution in [1.82, 2.24) is 15.5 Å². The Balaban J connectivity index is 1.92. The molecule has 0 fully saturated rings. The zero-order chi connectivity index (χ0) is 19.6. The average molecular weight is 387 g/mol. The molecular weight excluding hydrogens is 360 g/mol. The molecule has 2 N–H and O–H groups in total. The van der Waals surface area contributed by atoms with Crippen LogP contribution in [-0.2, 0) is 13.0 Å². The number of halogens is 1. The van der Waals surface area contributed by atoms with E-state index in [0.717, 1.165) is 41.6 Å². The summed E-state index contributed by atoms with van der Waals surface area (Å²) in [6.45, 7) is 4.10. The number of hydrogen-bond acceptors (Lipinski definition) is 2. The first-order chi connectivity index (χ1) is 13.0. The van der Waals surface area contributed by atoms with E-state index in [1.54, 1.807) is 19.0 Å². The van der Waals surface area contributed by atoms with Gasteiger partial charge in [-0.1, -0.05) is 41.9 Å². The molecule has 0 aromatic heterocycles. The van der Waals surface area contributed by atoms with E-state index < -0.39 is 0 Å². The first-order valence-electron chi connectivity index (χ1n) is 9.07. The Kier molecular flexibility index (Phi) is 8.14. The predicted octanol–water partition coefficient (Wildman–Crippen LogP) is 3.34. The molecule has 2 aromatic rings. The molecule has 0 heterocycles. The first kappa shape index (κ1) is 20.8. The van der Waals surface area contributed by atoms with Gasteiger partial charge < -0.3 is 15.5 Å². The fourth-order valence-electron chi connectivity index (χ4n) is 2.54. The molecule has 0 aliphatic carbocycles. The van der Waals surface area contributed by atoms with Crippen LogP contribution in [-0.4, -0.2) is 44.0 Å². The molecule has 2 aromatic carbocycles. The van der Waals surface area contributed by atoms with Gasteiger partial charge >= 0.3 is 0 Å². The van der Waals surface area contributed by atoms with Crippen molar-refractivity contribution in [2.75, 3.05) is 27.2 Å². The van der Waals surface area contributed by atoms with Gasteiger partial charge in [-0.05, 0) is 42.7 Å². The molecule has 144 valence electrons. The summed E-state index contributed by atoms with van der Waals surface area (Å²) >= 11 is 6.20. The van der Waals surface area contributed by atoms with Crippen LogP contribution in [0.4, 0.5) is 0 Å². The van der Waals surface area contributed by atoms with Gasteiger partial charge in [0.15, 0.2) is 5.96 Å². The number of carbonyl (C=O) groups is 1. The van der Waals surface area contributed by atoms with E-state index in [-0.39, 0.29) is 5.91 Å². The highest BCUT2D eigenvalue weighted by molar-refractivity contribution is 6.31. The summed E-state index contributed by atoms with van der Waals surface area (Å²) in [6.07, 6.45) is 0.825. The van der Waals surface area contributed by atoms with Crippen molar-refractivity contribution < 1.29 is 4.79 Å². The smallest absolute Gasteiger partial charge is 0.253 e. The second-order valence-corrected chi connectivity index (χ2v) is 6.77. The topological polar surface area (TPSA) is 56.7 Å². The standard InChI is InChI=1S/C21H27ClN4O/c1-4-23-21(24-14-13-17-7-5-6-8-19(17)22)25-15-16-9-11-18(12-10-16)20(27)26(2)3/h5-12H,4,13-15H2,1-3H3,(H2,23,24,25). The molecule has 0 radical (unpaired) electrons. The van der Waals surface area contributed by atoms with Crippen LogP contribution in [0.1, 0.15) is 28.4 Å². The number of amides is 1. The van der Waals surface area contributed by atoms with Crippen molar-refractivity contribution >= 4 is 23.5 Å². The molecule has 5 nitrogen and oxygen atoms in total. The third kappa shape index (κ3) is 6.61. The molecule has 1 amide bonds. The van der Waals surface area contributed by atoms with E-state index in [9.17, 15) is 4.79 Å². The monoisotopic (exact) mass is 386 g/mol. The van der Waals surface area contributed by atoms with Gasteiger partial charge in [-0.15, -0.1) is 0 Å². The van der Waals surface area contributed by atoms with Gasteiger partial charge in [-0.25, -0.2) is 4.99 Å². The molecule has 0 spiro atoms. The lowest BCUT2D eigenvalue weighted by Gasteiger charge is -2.12. The molecule has 2 rings (SSSR count). The largest absolute Gasteiger partial charge is 0.357 e. The molecule has 6 heteroatoms. The fourth-order valence-corrected chi connectivity index (χ4v) is 2.77. The lowest BCUT2D eigenvalue weighted by molar-refractivity contribution is 0.0827. The van der Waals surface area contributed by atoms with Crippen molar-refractivity contribution in [2.45, 2.75) is 19.9 Å². The minimum absolute atomic E-state index is 0.000343. The van der Waals surface area contributed by atoms with Gasteiger partial charge in [0.25, 0.3) is 5.91 Å². The molecule has 27 heavy (non-hydrogen) atoms. The van der Waals surface area contributed by atoms with Crippen LogP contribution in [0.15, 0.2) is 53.5 Å². The molecule has 0 saturated heterocycles. The molecule has 0 atom stereocenters. The number of aliphatic imine (C=N–C) groups is 1. The Labute approximate surface area is 166 Å². The number of rotatable bonds is 7. The number of guanidine groups is 1. The third-order valence-electron chi connectivity index (χ3n) is 4.02. The number of hydrogen-bond donors (Lipinski definition) is 2. The van der Waals surface area contributed by atoms with E-state index >= 15 is 0 Å². The minimum atomic E-state index is -0.000343. The van der Waals surface area contributed by atoms with Crippen LogP contribution >= 0.6 is 11.6 Å². The highest BCUT2D eigenvalue weighted by atomic mass is 35.5. The Hall–Kier alpha value is -2.53. The van der Waals surface area contributed by atoms with E-state index in [0.29, 0.717) is 12.1 Å². The summed E-state index contributed by atoms with van der Waals surface area (Å²) in [5.41, 5.74) is 2.84. The zero-order valence-electron chi connectivity index (χ0n) is 16.1. The normalized spacial score (nSPS) is 11.2.